The molecule has 3 rings (SSSR count). The molecule has 0 bridgehead atoms. The minimum Gasteiger partial charge on any atom is -0.390 e. The summed E-state index contributed by atoms with van der Waals surface area (Å²) in [5.41, 5.74) is 3.30. The number of carbonyl (C=O) groups excluding carboxylic acids is 1. The molecule has 0 fully saturated rings. The second kappa shape index (κ2) is 6.62. The lowest BCUT2D eigenvalue weighted by atomic mass is 10.1. The van der Waals surface area contributed by atoms with Gasteiger partial charge in [0.15, 0.2) is 0 Å². The summed E-state index contributed by atoms with van der Waals surface area (Å²) in [6.45, 7) is 0.570. The van der Waals surface area contributed by atoms with E-state index in [1.54, 1.807) is 0 Å². The molecular formula is C18H20N2O2. The van der Waals surface area contributed by atoms with Crippen molar-refractivity contribution in [2.24, 2.45) is 0 Å². The molecule has 2 atom stereocenters. The quantitative estimate of drug-likeness (QED) is 0.810. The lowest BCUT2D eigenvalue weighted by molar-refractivity contribution is 0.142. The summed E-state index contributed by atoms with van der Waals surface area (Å²) in [6, 6.07) is 17.3. The van der Waals surface area contributed by atoms with Crippen molar-refractivity contribution in [1.29, 1.82) is 0 Å². The van der Waals surface area contributed by atoms with Crippen LogP contribution >= 0.6 is 0 Å². The molecule has 4 nitrogen and oxygen atoms in total. The van der Waals surface area contributed by atoms with E-state index in [0.29, 0.717) is 13.0 Å². The summed E-state index contributed by atoms with van der Waals surface area (Å²) >= 11 is 0. The average molecular weight is 296 g/mol. The molecule has 0 spiro atoms. The Bertz CT molecular complexity index is 643. The molecule has 2 aromatic carbocycles. The van der Waals surface area contributed by atoms with Crippen LogP contribution in [0, 0.1) is 0 Å². The Morgan fingerprint density at radius 3 is 2.64 bits per heavy atom. The molecule has 22 heavy (non-hydrogen) atoms. The van der Waals surface area contributed by atoms with Crippen molar-refractivity contribution >= 4 is 6.03 Å². The van der Waals surface area contributed by atoms with Gasteiger partial charge in [0, 0.05) is 13.0 Å². The molecule has 1 aliphatic carbocycles. The largest absolute Gasteiger partial charge is 0.390 e. The molecule has 0 aliphatic heterocycles. The number of urea groups is 1. The molecule has 3 N–H and O–H groups in total. The van der Waals surface area contributed by atoms with Gasteiger partial charge in [-0.3, -0.25) is 0 Å². The van der Waals surface area contributed by atoms with E-state index in [-0.39, 0.29) is 12.1 Å². The van der Waals surface area contributed by atoms with E-state index in [9.17, 15) is 9.90 Å². The van der Waals surface area contributed by atoms with Crippen LogP contribution in [0.4, 0.5) is 4.79 Å². The number of aliphatic hydroxyl groups is 1. The van der Waals surface area contributed by atoms with Crippen LogP contribution in [0.3, 0.4) is 0 Å². The lowest BCUT2D eigenvalue weighted by Gasteiger charge is -2.18. The third-order valence-electron chi connectivity index (χ3n) is 4.03. The van der Waals surface area contributed by atoms with Crippen LogP contribution in [0.15, 0.2) is 54.6 Å². The van der Waals surface area contributed by atoms with Gasteiger partial charge in [-0.2, -0.15) is 0 Å². The Morgan fingerprint density at radius 2 is 1.82 bits per heavy atom. The van der Waals surface area contributed by atoms with Crippen molar-refractivity contribution in [2.75, 3.05) is 6.54 Å². The summed E-state index contributed by atoms with van der Waals surface area (Å²) < 4.78 is 0. The smallest absolute Gasteiger partial charge is 0.315 e. The molecule has 0 aromatic heterocycles. The number of nitrogens with one attached hydrogen (secondary N) is 2. The monoisotopic (exact) mass is 296 g/mol. The van der Waals surface area contributed by atoms with E-state index in [1.807, 2.05) is 54.6 Å². The summed E-state index contributed by atoms with van der Waals surface area (Å²) in [5, 5.41) is 15.8. The Balaban J connectivity index is 1.52. The Labute approximate surface area is 130 Å². The van der Waals surface area contributed by atoms with Crippen LogP contribution in [0.25, 0.3) is 0 Å². The highest BCUT2D eigenvalue weighted by Crippen LogP contribution is 2.30. The Kier molecular flexibility index (Phi) is 4.39. The van der Waals surface area contributed by atoms with E-state index in [1.165, 1.54) is 5.56 Å². The molecule has 0 saturated heterocycles. The maximum absolute atomic E-state index is 12.0. The SMILES string of the molecule is O=C(NCCc1ccccc1)N[C@@H]1c2ccccc2C[C@@H]1O. The van der Waals surface area contributed by atoms with Crippen molar-refractivity contribution in [3.05, 3.63) is 71.3 Å². The highest BCUT2D eigenvalue weighted by atomic mass is 16.3. The summed E-state index contributed by atoms with van der Waals surface area (Å²) in [7, 11) is 0. The maximum atomic E-state index is 12.0. The first-order chi connectivity index (χ1) is 10.7. The lowest BCUT2D eigenvalue weighted by Crippen LogP contribution is -2.41. The Morgan fingerprint density at radius 1 is 1.09 bits per heavy atom. The van der Waals surface area contributed by atoms with E-state index in [2.05, 4.69) is 10.6 Å². The fourth-order valence-corrected chi connectivity index (χ4v) is 2.91. The average Bonchev–Trinajstić information content (AvgIpc) is 2.84. The summed E-state index contributed by atoms with van der Waals surface area (Å²) in [6.07, 6.45) is 0.820. The number of hydrogen-bond acceptors (Lipinski definition) is 2. The van der Waals surface area contributed by atoms with Crippen LogP contribution in [-0.2, 0) is 12.8 Å². The van der Waals surface area contributed by atoms with E-state index in [4.69, 9.17) is 0 Å². The zero-order valence-corrected chi connectivity index (χ0v) is 12.3. The van der Waals surface area contributed by atoms with Crippen LogP contribution in [0.5, 0.6) is 0 Å². The molecule has 0 saturated carbocycles. The zero-order valence-electron chi connectivity index (χ0n) is 12.3. The van der Waals surface area contributed by atoms with Crippen molar-refractivity contribution in [1.82, 2.24) is 10.6 Å². The first-order valence-corrected chi connectivity index (χ1v) is 7.58. The molecule has 2 amide bonds. The third-order valence-corrected chi connectivity index (χ3v) is 4.03. The van der Waals surface area contributed by atoms with Gasteiger partial charge in [-0.05, 0) is 23.1 Å². The van der Waals surface area contributed by atoms with E-state index < -0.39 is 6.10 Å². The number of aliphatic hydroxyl groups excluding tert-OH is 1. The van der Waals surface area contributed by atoms with E-state index in [0.717, 1.165) is 17.5 Å². The van der Waals surface area contributed by atoms with Crippen LogP contribution < -0.4 is 10.6 Å². The van der Waals surface area contributed by atoms with Gasteiger partial charge in [-0.25, -0.2) is 4.79 Å². The molecule has 0 unspecified atom stereocenters. The van der Waals surface area contributed by atoms with Crippen LogP contribution in [0.2, 0.25) is 0 Å². The van der Waals surface area contributed by atoms with Crippen molar-refractivity contribution < 1.29 is 9.90 Å². The number of amides is 2. The topological polar surface area (TPSA) is 61.4 Å². The van der Waals surface area contributed by atoms with Crippen LogP contribution in [0.1, 0.15) is 22.7 Å². The zero-order chi connectivity index (χ0) is 15.4. The highest BCUT2D eigenvalue weighted by molar-refractivity contribution is 5.74. The number of hydrogen-bond donors (Lipinski definition) is 3. The van der Waals surface area contributed by atoms with Crippen molar-refractivity contribution in [3.63, 3.8) is 0 Å². The minimum atomic E-state index is -0.558. The molecular weight excluding hydrogens is 276 g/mol. The predicted octanol–water partition coefficient (Wildman–Crippen LogP) is 2.19. The normalized spacial score (nSPS) is 19.5. The third kappa shape index (κ3) is 3.28. The second-order valence-electron chi connectivity index (χ2n) is 5.58. The molecule has 4 heteroatoms. The number of benzene rings is 2. The van der Waals surface area contributed by atoms with Crippen molar-refractivity contribution in [2.45, 2.75) is 25.0 Å². The first-order valence-electron chi connectivity index (χ1n) is 7.58. The predicted molar refractivity (Wildman–Crippen MR) is 85.6 cm³/mol. The van der Waals surface area contributed by atoms with Gasteiger partial charge in [0.25, 0.3) is 0 Å². The molecule has 114 valence electrons. The van der Waals surface area contributed by atoms with Gasteiger partial charge in [0.05, 0.1) is 12.1 Å². The van der Waals surface area contributed by atoms with Gasteiger partial charge < -0.3 is 15.7 Å². The van der Waals surface area contributed by atoms with Crippen molar-refractivity contribution in [3.8, 4) is 0 Å². The van der Waals surface area contributed by atoms with Gasteiger partial charge in [-0.15, -0.1) is 0 Å². The Hall–Kier alpha value is -2.33. The summed E-state index contributed by atoms with van der Waals surface area (Å²) in [4.78, 5) is 12.0. The minimum absolute atomic E-state index is 0.239. The molecule has 1 aliphatic rings. The maximum Gasteiger partial charge on any atom is 0.315 e. The highest BCUT2D eigenvalue weighted by Gasteiger charge is 2.31. The molecule has 0 radical (unpaired) electrons. The van der Waals surface area contributed by atoms with E-state index >= 15 is 0 Å². The molecule has 0 heterocycles. The van der Waals surface area contributed by atoms with Crippen LogP contribution in [-0.4, -0.2) is 23.8 Å². The number of rotatable bonds is 4. The van der Waals surface area contributed by atoms with Gasteiger partial charge in [0.2, 0.25) is 0 Å². The van der Waals surface area contributed by atoms with Gasteiger partial charge >= 0.3 is 6.03 Å². The number of fused-ring (bicyclic) bond motifs is 1. The van der Waals surface area contributed by atoms with Gasteiger partial charge in [0.1, 0.15) is 0 Å². The fraction of sp³-hybridized carbons (Fsp3) is 0.278. The van der Waals surface area contributed by atoms with Gasteiger partial charge in [-0.1, -0.05) is 54.6 Å². The first kappa shape index (κ1) is 14.6. The fourth-order valence-electron chi connectivity index (χ4n) is 2.91. The second-order valence-corrected chi connectivity index (χ2v) is 5.58. The molecule has 2 aromatic rings. The standard InChI is InChI=1S/C18H20N2O2/c21-16-12-14-8-4-5-9-15(14)17(16)20-18(22)19-11-10-13-6-2-1-3-7-13/h1-9,16-17,21H,10-12H2,(H2,19,20,22)/t16-,17+/m0/s1. The summed E-state index contributed by atoms with van der Waals surface area (Å²) in [5.74, 6) is 0. The number of carbonyl (C=O) groups is 1.